The summed E-state index contributed by atoms with van der Waals surface area (Å²) in [6.45, 7) is 2.01. The maximum atomic E-state index is 12.0. The molecule has 122 valence electrons. The van der Waals surface area contributed by atoms with E-state index in [1.165, 1.54) is 12.8 Å². The second kappa shape index (κ2) is 8.51. The van der Waals surface area contributed by atoms with Gasteiger partial charge in [0.25, 0.3) is 0 Å². The summed E-state index contributed by atoms with van der Waals surface area (Å²) in [6.07, 6.45) is 4.46. The van der Waals surface area contributed by atoms with E-state index in [1.807, 2.05) is 31.2 Å². The molecular formula is C17H24ClNO3. The van der Waals surface area contributed by atoms with Gasteiger partial charge in [0.15, 0.2) is 0 Å². The molecule has 2 rings (SSSR count). The zero-order chi connectivity index (χ0) is 15.9. The Bertz CT molecular complexity index is 489. The van der Waals surface area contributed by atoms with Crippen molar-refractivity contribution in [1.29, 1.82) is 0 Å². The van der Waals surface area contributed by atoms with E-state index in [0.717, 1.165) is 18.4 Å². The largest absolute Gasteiger partial charge is 0.375 e. The minimum atomic E-state index is -0.288. The van der Waals surface area contributed by atoms with Crippen molar-refractivity contribution in [3.63, 3.8) is 0 Å². The number of hydrogen-bond donors (Lipinski definition) is 1. The molecule has 0 spiro atoms. The lowest BCUT2D eigenvalue weighted by atomic mass is 10.0. The van der Waals surface area contributed by atoms with Gasteiger partial charge in [0.1, 0.15) is 12.7 Å². The number of nitrogens with one attached hydrogen (secondary N) is 1. The lowest BCUT2D eigenvalue weighted by molar-refractivity contribution is -0.129. The number of amides is 1. The van der Waals surface area contributed by atoms with Crippen LogP contribution in [0.3, 0.4) is 0 Å². The van der Waals surface area contributed by atoms with E-state index in [-0.39, 0.29) is 30.8 Å². The van der Waals surface area contributed by atoms with Gasteiger partial charge in [-0.2, -0.15) is 0 Å². The van der Waals surface area contributed by atoms with Crippen molar-refractivity contribution in [2.75, 3.05) is 13.7 Å². The van der Waals surface area contributed by atoms with Crippen LogP contribution >= 0.6 is 11.6 Å². The SMILES string of the molecule is CO[C@@H](c1ccccc1Cl)[C@H](C)NC(=O)COC1CCCC1. The standard InChI is InChI=1S/C17H24ClNO3/c1-12(17(21-2)14-9-5-6-10-15(14)18)19-16(20)11-22-13-7-3-4-8-13/h5-6,9-10,12-13,17H,3-4,7-8,11H2,1-2H3,(H,19,20)/t12-,17+/m0/s1. The molecule has 1 amide bonds. The molecule has 1 aliphatic rings. The van der Waals surface area contributed by atoms with Gasteiger partial charge in [-0.25, -0.2) is 0 Å². The Hall–Kier alpha value is -1.10. The van der Waals surface area contributed by atoms with Gasteiger partial charge < -0.3 is 14.8 Å². The molecule has 22 heavy (non-hydrogen) atoms. The highest BCUT2D eigenvalue weighted by atomic mass is 35.5. The lowest BCUT2D eigenvalue weighted by Gasteiger charge is -2.25. The molecule has 1 aromatic rings. The third kappa shape index (κ3) is 4.70. The monoisotopic (exact) mass is 325 g/mol. The molecule has 0 heterocycles. The summed E-state index contributed by atoms with van der Waals surface area (Å²) in [5.74, 6) is -0.117. The first-order valence-corrected chi connectivity index (χ1v) is 8.17. The van der Waals surface area contributed by atoms with E-state index in [2.05, 4.69) is 5.32 Å². The number of halogens is 1. The third-order valence-electron chi connectivity index (χ3n) is 4.06. The first-order chi connectivity index (χ1) is 10.6. The highest BCUT2D eigenvalue weighted by Gasteiger charge is 2.23. The molecule has 2 atom stereocenters. The van der Waals surface area contributed by atoms with Crippen LogP contribution in [0.5, 0.6) is 0 Å². The highest BCUT2D eigenvalue weighted by molar-refractivity contribution is 6.31. The quantitative estimate of drug-likeness (QED) is 0.834. The van der Waals surface area contributed by atoms with Crippen LogP contribution in [0.15, 0.2) is 24.3 Å². The third-order valence-corrected chi connectivity index (χ3v) is 4.40. The van der Waals surface area contributed by atoms with Gasteiger partial charge in [0, 0.05) is 17.7 Å². The predicted molar refractivity (Wildman–Crippen MR) is 87.0 cm³/mol. The Morgan fingerprint density at radius 3 is 2.68 bits per heavy atom. The van der Waals surface area contributed by atoms with E-state index < -0.39 is 0 Å². The Labute approximate surface area is 137 Å². The van der Waals surface area contributed by atoms with Gasteiger partial charge in [0.05, 0.1) is 12.1 Å². The van der Waals surface area contributed by atoms with Gasteiger partial charge in [-0.1, -0.05) is 42.6 Å². The van der Waals surface area contributed by atoms with Crippen molar-refractivity contribution < 1.29 is 14.3 Å². The van der Waals surface area contributed by atoms with Crippen molar-refractivity contribution >= 4 is 17.5 Å². The zero-order valence-electron chi connectivity index (χ0n) is 13.2. The maximum Gasteiger partial charge on any atom is 0.246 e. The molecule has 1 saturated carbocycles. The maximum absolute atomic E-state index is 12.0. The van der Waals surface area contributed by atoms with E-state index in [9.17, 15) is 4.79 Å². The van der Waals surface area contributed by atoms with Crippen LogP contribution in [0.1, 0.15) is 44.3 Å². The van der Waals surface area contributed by atoms with Crippen LogP contribution in [0.4, 0.5) is 0 Å². The fourth-order valence-corrected chi connectivity index (χ4v) is 3.17. The number of benzene rings is 1. The average molecular weight is 326 g/mol. The summed E-state index contributed by atoms with van der Waals surface area (Å²) in [4.78, 5) is 12.0. The van der Waals surface area contributed by atoms with Crippen LogP contribution in [0.25, 0.3) is 0 Å². The molecule has 0 saturated heterocycles. The molecule has 1 aliphatic carbocycles. The van der Waals surface area contributed by atoms with Gasteiger partial charge >= 0.3 is 0 Å². The molecule has 1 aromatic carbocycles. The highest BCUT2D eigenvalue weighted by Crippen LogP contribution is 2.27. The molecular weight excluding hydrogens is 302 g/mol. The zero-order valence-corrected chi connectivity index (χ0v) is 13.9. The molecule has 1 N–H and O–H groups in total. The van der Waals surface area contributed by atoms with Crippen molar-refractivity contribution in [3.8, 4) is 0 Å². The molecule has 0 aliphatic heterocycles. The number of hydrogen-bond acceptors (Lipinski definition) is 3. The van der Waals surface area contributed by atoms with Gasteiger partial charge in [0.2, 0.25) is 5.91 Å². The van der Waals surface area contributed by atoms with Crippen molar-refractivity contribution in [2.24, 2.45) is 0 Å². The van der Waals surface area contributed by atoms with E-state index in [1.54, 1.807) is 7.11 Å². The summed E-state index contributed by atoms with van der Waals surface area (Å²) >= 11 is 6.21. The Kier molecular flexibility index (Phi) is 6.68. The van der Waals surface area contributed by atoms with Crippen molar-refractivity contribution in [1.82, 2.24) is 5.32 Å². The average Bonchev–Trinajstić information content (AvgIpc) is 3.01. The van der Waals surface area contributed by atoms with Crippen LogP contribution in [0, 0.1) is 0 Å². The number of carbonyl (C=O) groups excluding carboxylic acids is 1. The van der Waals surface area contributed by atoms with Crippen molar-refractivity contribution in [2.45, 2.75) is 50.9 Å². The Morgan fingerprint density at radius 1 is 1.36 bits per heavy atom. The minimum Gasteiger partial charge on any atom is -0.375 e. The van der Waals surface area contributed by atoms with Crippen LogP contribution in [-0.2, 0) is 14.3 Å². The molecule has 0 radical (unpaired) electrons. The second-order valence-corrected chi connectivity index (χ2v) is 6.16. The van der Waals surface area contributed by atoms with Crippen LogP contribution < -0.4 is 5.32 Å². The number of ether oxygens (including phenoxy) is 2. The van der Waals surface area contributed by atoms with Crippen LogP contribution in [-0.4, -0.2) is 31.8 Å². The Balaban J connectivity index is 1.87. The summed E-state index contributed by atoms with van der Waals surface area (Å²) < 4.78 is 11.1. The molecule has 5 heteroatoms. The summed E-state index contributed by atoms with van der Waals surface area (Å²) in [5.41, 5.74) is 0.871. The van der Waals surface area contributed by atoms with E-state index in [4.69, 9.17) is 21.1 Å². The summed E-state index contributed by atoms with van der Waals surface area (Å²) in [6, 6.07) is 7.32. The summed E-state index contributed by atoms with van der Waals surface area (Å²) in [7, 11) is 1.62. The predicted octanol–water partition coefficient (Wildman–Crippen LogP) is 3.49. The van der Waals surface area contributed by atoms with E-state index in [0.29, 0.717) is 5.02 Å². The molecule has 4 nitrogen and oxygen atoms in total. The Morgan fingerprint density at radius 2 is 2.05 bits per heavy atom. The van der Waals surface area contributed by atoms with E-state index >= 15 is 0 Å². The smallest absolute Gasteiger partial charge is 0.246 e. The van der Waals surface area contributed by atoms with Gasteiger partial charge in [-0.15, -0.1) is 0 Å². The van der Waals surface area contributed by atoms with Gasteiger partial charge in [-0.05, 0) is 25.8 Å². The topological polar surface area (TPSA) is 47.6 Å². The lowest BCUT2D eigenvalue weighted by Crippen LogP contribution is -2.40. The number of methoxy groups -OCH3 is 1. The molecule has 0 aromatic heterocycles. The van der Waals surface area contributed by atoms with Gasteiger partial charge in [-0.3, -0.25) is 4.79 Å². The normalized spacial score (nSPS) is 18.1. The minimum absolute atomic E-state index is 0.105. The summed E-state index contributed by atoms with van der Waals surface area (Å²) in [5, 5.41) is 3.57. The number of rotatable bonds is 7. The van der Waals surface area contributed by atoms with Crippen molar-refractivity contribution in [3.05, 3.63) is 34.9 Å². The molecule has 1 fully saturated rings. The number of carbonyl (C=O) groups is 1. The fraction of sp³-hybridized carbons (Fsp3) is 0.588. The first kappa shape index (κ1) is 17.3. The first-order valence-electron chi connectivity index (χ1n) is 7.80. The van der Waals surface area contributed by atoms with Crippen LogP contribution in [0.2, 0.25) is 5.02 Å². The second-order valence-electron chi connectivity index (χ2n) is 5.75. The fourth-order valence-electron chi connectivity index (χ4n) is 2.93. The molecule has 0 unspecified atom stereocenters. The molecule has 0 bridgehead atoms.